The SMILES string of the molecule is c1cc2c(cc1OC1CCNCC1)CCC2NC1CCNCC1. The minimum Gasteiger partial charge on any atom is -0.490 e. The van der Waals surface area contributed by atoms with Gasteiger partial charge in [0.15, 0.2) is 0 Å². The summed E-state index contributed by atoms with van der Waals surface area (Å²) in [6.07, 6.45) is 7.55. The quantitative estimate of drug-likeness (QED) is 0.797. The molecule has 3 N–H and O–H groups in total. The average molecular weight is 315 g/mol. The van der Waals surface area contributed by atoms with E-state index in [1.165, 1.54) is 36.8 Å². The summed E-state index contributed by atoms with van der Waals surface area (Å²) < 4.78 is 6.20. The zero-order valence-electron chi connectivity index (χ0n) is 13.9. The molecule has 4 nitrogen and oxygen atoms in total. The van der Waals surface area contributed by atoms with Gasteiger partial charge in [0.05, 0.1) is 0 Å². The molecule has 0 spiro atoms. The Morgan fingerprint density at radius 3 is 2.43 bits per heavy atom. The van der Waals surface area contributed by atoms with E-state index in [0.29, 0.717) is 18.2 Å². The van der Waals surface area contributed by atoms with Gasteiger partial charge in [0.1, 0.15) is 11.9 Å². The molecule has 2 saturated heterocycles. The third-order valence-corrected chi connectivity index (χ3v) is 5.56. The number of hydrogen-bond donors (Lipinski definition) is 3. The first-order chi connectivity index (χ1) is 11.4. The summed E-state index contributed by atoms with van der Waals surface area (Å²) in [4.78, 5) is 0. The first-order valence-corrected chi connectivity index (χ1v) is 9.35. The second-order valence-corrected chi connectivity index (χ2v) is 7.21. The van der Waals surface area contributed by atoms with Crippen molar-refractivity contribution in [1.82, 2.24) is 16.0 Å². The van der Waals surface area contributed by atoms with Crippen LogP contribution in [0, 0.1) is 0 Å². The van der Waals surface area contributed by atoms with E-state index in [2.05, 4.69) is 34.1 Å². The predicted octanol–water partition coefficient (Wildman–Crippen LogP) is 2.15. The molecule has 1 aromatic carbocycles. The van der Waals surface area contributed by atoms with E-state index in [4.69, 9.17) is 4.74 Å². The molecule has 1 unspecified atom stereocenters. The number of aryl methyl sites for hydroxylation is 1. The third kappa shape index (κ3) is 3.70. The number of ether oxygens (including phenoxy) is 1. The number of rotatable bonds is 4. The highest BCUT2D eigenvalue weighted by Crippen LogP contribution is 2.34. The van der Waals surface area contributed by atoms with Crippen molar-refractivity contribution in [3.8, 4) is 5.75 Å². The standard InChI is InChI=1S/C19H29N3O/c1-4-19(22-15-5-9-20-10-6-15)18-3-2-17(13-14(1)18)23-16-7-11-21-12-8-16/h2-3,13,15-16,19-22H,1,4-12H2. The molecular formula is C19H29N3O. The summed E-state index contributed by atoms with van der Waals surface area (Å²) in [5.74, 6) is 1.07. The highest BCUT2D eigenvalue weighted by Gasteiger charge is 2.26. The van der Waals surface area contributed by atoms with Crippen LogP contribution >= 0.6 is 0 Å². The second kappa shape index (κ2) is 7.20. The lowest BCUT2D eigenvalue weighted by atomic mass is 10.0. The van der Waals surface area contributed by atoms with Crippen molar-refractivity contribution in [3.05, 3.63) is 29.3 Å². The fourth-order valence-corrected chi connectivity index (χ4v) is 4.22. The van der Waals surface area contributed by atoms with Crippen LogP contribution in [0.2, 0.25) is 0 Å². The van der Waals surface area contributed by atoms with E-state index in [1.54, 1.807) is 0 Å². The molecule has 0 bridgehead atoms. The smallest absolute Gasteiger partial charge is 0.120 e. The highest BCUT2D eigenvalue weighted by molar-refractivity contribution is 5.40. The summed E-state index contributed by atoms with van der Waals surface area (Å²) in [7, 11) is 0. The highest BCUT2D eigenvalue weighted by atomic mass is 16.5. The van der Waals surface area contributed by atoms with Crippen molar-refractivity contribution in [2.45, 2.75) is 56.7 Å². The summed E-state index contributed by atoms with van der Waals surface area (Å²) in [5.41, 5.74) is 2.99. The van der Waals surface area contributed by atoms with Gasteiger partial charge in [0.25, 0.3) is 0 Å². The molecule has 1 aromatic rings. The molecule has 0 aromatic heterocycles. The number of piperidine rings is 2. The maximum absolute atomic E-state index is 6.20. The van der Waals surface area contributed by atoms with E-state index in [-0.39, 0.29) is 0 Å². The fraction of sp³-hybridized carbons (Fsp3) is 0.684. The van der Waals surface area contributed by atoms with Crippen LogP contribution in [0.3, 0.4) is 0 Å². The maximum atomic E-state index is 6.20. The van der Waals surface area contributed by atoms with Crippen LogP contribution in [-0.4, -0.2) is 38.3 Å². The molecular weight excluding hydrogens is 286 g/mol. The Morgan fingerprint density at radius 2 is 1.65 bits per heavy atom. The minimum absolute atomic E-state index is 0.388. The van der Waals surface area contributed by atoms with Crippen molar-refractivity contribution in [2.24, 2.45) is 0 Å². The molecule has 2 aliphatic heterocycles. The van der Waals surface area contributed by atoms with E-state index in [9.17, 15) is 0 Å². The Balaban J connectivity index is 1.39. The molecule has 4 rings (SSSR count). The van der Waals surface area contributed by atoms with Crippen molar-refractivity contribution < 1.29 is 4.74 Å². The Labute approximate surface area is 139 Å². The zero-order chi connectivity index (χ0) is 15.5. The van der Waals surface area contributed by atoms with E-state index < -0.39 is 0 Å². The number of fused-ring (bicyclic) bond motifs is 1. The van der Waals surface area contributed by atoms with Gasteiger partial charge < -0.3 is 20.7 Å². The van der Waals surface area contributed by atoms with Crippen molar-refractivity contribution >= 4 is 0 Å². The molecule has 2 heterocycles. The Morgan fingerprint density at radius 1 is 0.913 bits per heavy atom. The van der Waals surface area contributed by atoms with Crippen LogP contribution in [0.4, 0.5) is 0 Å². The fourth-order valence-electron chi connectivity index (χ4n) is 4.22. The van der Waals surface area contributed by atoms with Gasteiger partial charge >= 0.3 is 0 Å². The molecule has 1 aliphatic carbocycles. The normalized spacial score (nSPS) is 26.2. The van der Waals surface area contributed by atoms with Crippen LogP contribution in [0.5, 0.6) is 5.75 Å². The van der Waals surface area contributed by atoms with Gasteiger partial charge in [-0.1, -0.05) is 6.07 Å². The van der Waals surface area contributed by atoms with E-state index in [1.807, 2.05) is 0 Å². The predicted molar refractivity (Wildman–Crippen MR) is 93.1 cm³/mol. The van der Waals surface area contributed by atoms with E-state index in [0.717, 1.165) is 44.8 Å². The Bertz CT molecular complexity index is 521. The average Bonchev–Trinajstić information content (AvgIpc) is 2.99. The Hall–Kier alpha value is -1.10. The van der Waals surface area contributed by atoms with Gasteiger partial charge in [-0.25, -0.2) is 0 Å². The molecule has 0 amide bonds. The number of nitrogens with one attached hydrogen (secondary N) is 3. The topological polar surface area (TPSA) is 45.3 Å². The first kappa shape index (κ1) is 15.4. The molecule has 4 heteroatoms. The number of hydrogen-bond acceptors (Lipinski definition) is 4. The largest absolute Gasteiger partial charge is 0.490 e. The van der Waals surface area contributed by atoms with Crippen LogP contribution in [0.1, 0.15) is 49.3 Å². The summed E-state index contributed by atoms with van der Waals surface area (Å²) in [6.45, 7) is 4.47. The van der Waals surface area contributed by atoms with Crippen molar-refractivity contribution in [3.63, 3.8) is 0 Å². The van der Waals surface area contributed by atoms with Gasteiger partial charge in [-0.15, -0.1) is 0 Å². The summed E-state index contributed by atoms with van der Waals surface area (Å²) in [5, 5.41) is 10.7. The van der Waals surface area contributed by atoms with Gasteiger partial charge in [0, 0.05) is 12.1 Å². The van der Waals surface area contributed by atoms with Crippen LogP contribution in [0.25, 0.3) is 0 Å². The summed E-state index contributed by atoms with van der Waals surface area (Å²) in [6, 6.07) is 8.00. The lowest BCUT2D eigenvalue weighted by molar-refractivity contribution is 0.162. The van der Waals surface area contributed by atoms with Crippen LogP contribution < -0.4 is 20.7 Å². The maximum Gasteiger partial charge on any atom is 0.120 e. The lowest BCUT2D eigenvalue weighted by Crippen LogP contribution is -2.41. The summed E-state index contributed by atoms with van der Waals surface area (Å²) >= 11 is 0. The van der Waals surface area contributed by atoms with Crippen molar-refractivity contribution in [2.75, 3.05) is 26.2 Å². The third-order valence-electron chi connectivity index (χ3n) is 5.56. The molecule has 0 radical (unpaired) electrons. The lowest BCUT2D eigenvalue weighted by Gasteiger charge is -2.27. The number of benzene rings is 1. The molecule has 3 aliphatic rings. The molecule has 0 saturated carbocycles. The molecule has 2 fully saturated rings. The zero-order valence-corrected chi connectivity index (χ0v) is 13.9. The van der Waals surface area contributed by atoms with Gasteiger partial charge in [-0.2, -0.15) is 0 Å². The van der Waals surface area contributed by atoms with Crippen molar-refractivity contribution in [1.29, 1.82) is 0 Å². The van der Waals surface area contributed by atoms with Gasteiger partial charge in [-0.05, 0) is 88.0 Å². The van der Waals surface area contributed by atoms with Crippen LogP contribution in [0.15, 0.2) is 18.2 Å². The van der Waals surface area contributed by atoms with E-state index >= 15 is 0 Å². The molecule has 23 heavy (non-hydrogen) atoms. The van der Waals surface area contributed by atoms with Gasteiger partial charge in [0.2, 0.25) is 0 Å². The molecule has 126 valence electrons. The second-order valence-electron chi connectivity index (χ2n) is 7.21. The Kier molecular flexibility index (Phi) is 4.83. The van der Waals surface area contributed by atoms with Crippen LogP contribution in [-0.2, 0) is 6.42 Å². The monoisotopic (exact) mass is 315 g/mol. The first-order valence-electron chi connectivity index (χ1n) is 9.35. The van der Waals surface area contributed by atoms with Gasteiger partial charge in [-0.3, -0.25) is 0 Å². The molecule has 1 atom stereocenters. The minimum atomic E-state index is 0.388.